The zero-order valence-corrected chi connectivity index (χ0v) is 12.3. The van der Waals surface area contributed by atoms with E-state index >= 15 is 0 Å². The van der Waals surface area contributed by atoms with Crippen molar-refractivity contribution in [2.75, 3.05) is 5.32 Å². The second kappa shape index (κ2) is 5.84. The maximum atomic E-state index is 13.1. The maximum Gasteiger partial charge on any atom is 0.126 e. The van der Waals surface area contributed by atoms with E-state index in [0.29, 0.717) is 12.2 Å². The highest BCUT2D eigenvalue weighted by Crippen LogP contribution is 2.31. The molecule has 0 fully saturated rings. The highest BCUT2D eigenvalue weighted by Gasteiger charge is 2.08. The number of rotatable bonds is 3. The van der Waals surface area contributed by atoms with Gasteiger partial charge < -0.3 is 5.32 Å². The molecule has 1 N–H and O–H groups in total. The second-order valence-corrected chi connectivity index (χ2v) is 5.26. The van der Waals surface area contributed by atoms with Crippen LogP contribution in [0.4, 0.5) is 10.1 Å². The van der Waals surface area contributed by atoms with Gasteiger partial charge in [0.05, 0.1) is 45.2 Å². The Morgan fingerprint density at radius 3 is 2.43 bits per heavy atom. The Balaban J connectivity index is 1.83. The molecule has 2 aromatic carbocycles. The van der Waals surface area contributed by atoms with Gasteiger partial charge in [0.25, 0.3) is 0 Å². The van der Waals surface area contributed by atoms with Crippen LogP contribution in [0.1, 0.15) is 5.69 Å². The molecule has 0 aliphatic carbocycles. The van der Waals surface area contributed by atoms with Gasteiger partial charge in [-0.25, -0.2) is 9.37 Å². The van der Waals surface area contributed by atoms with Crippen LogP contribution in [-0.4, -0.2) is 9.97 Å². The van der Waals surface area contributed by atoms with Gasteiger partial charge in [-0.15, -0.1) is 0 Å². The monoisotopic (exact) mass is 321 g/mol. The molecule has 0 saturated carbocycles. The van der Waals surface area contributed by atoms with Gasteiger partial charge in [0.15, 0.2) is 0 Å². The van der Waals surface area contributed by atoms with Gasteiger partial charge in [0, 0.05) is 0 Å². The summed E-state index contributed by atoms with van der Waals surface area (Å²) in [6.45, 7) is 0.392. The minimum Gasteiger partial charge on any atom is -0.377 e. The van der Waals surface area contributed by atoms with Gasteiger partial charge in [0.1, 0.15) is 5.82 Å². The molecule has 1 aromatic heterocycles. The van der Waals surface area contributed by atoms with Crippen LogP contribution < -0.4 is 5.32 Å². The largest absolute Gasteiger partial charge is 0.377 e. The van der Waals surface area contributed by atoms with Gasteiger partial charge in [-0.2, -0.15) is 0 Å². The van der Waals surface area contributed by atoms with Crippen molar-refractivity contribution in [3.8, 4) is 0 Å². The number of anilines is 1. The molecule has 0 saturated heterocycles. The van der Waals surface area contributed by atoms with Crippen LogP contribution in [0, 0.1) is 5.82 Å². The fraction of sp³-hybridized carbons (Fsp3) is 0.0667. The van der Waals surface area contributed by atoms with Crippen molar-refractivity contribution in [2.24, 2.45) is 0 Å². The molecule has 106 valence electrons. The highest BCUT2D eigenvalue weighted by molar-refractivity contribution is 6.39. The number of halogens is 3. The molecule has 0 unspecified atom stereocenters. The van der Waals surface area contributed by atoms with E-state index in [9.17, 15) is 4.39 Å². The lowest BCUT2D eigenvalue weighted by Crippen LogP contribution is -2.04. The van der Waals surface area contributed by atoms with Gasteiger partial charge in [0.2, 0.25) is 0 Å². The lowest BCUT2D eigenvalue weighted by Gasteiger charge is -2.10. The third kappa shape index (κ3) is 3.06. The number of nitrogens with zero attached hydrogens (tertiary/aromatic N) is 2. The molecule has 3 nitrogen and oxygen atoms in total. The Hall–Kier alpha value is -1.91. The molecule has 0 bridgehead atoms. The third-order valence-corrected chi connectivity index (χ3v) is 3.55. The lowest BCUT2D eigenvalue weighted by molar-refractivity contribution is 0.628. The Labute approximate surface area is 130 Å². The number of aromatic nitrogens is 2. The molecule has 0 aliphatic heterocycles. The average molecular weight is 322 g/mol. The van der Waals surface area contributed by atoms with E-state index in [-0.39, 0.29) is 10.0 Å². The van der Waals surface area contributed by atoms with Crippen LogP contribution >= 0.6 is 23.2 Å². The van der Waals surface area contributed by atoms with Crippen LogP contribution in [0.3, 0.4) is 0 Å². The van der Waals surface area contributed by atoms with Gasteiger partial charge >= 0.3 is 0 Å². The lowest BCUT2D eigenvalue weighted by atomic mass is 10.2. The van der Waals surface area contributed by atoms with Crippen molar-refractivity contribution >= 4 is 39.9 Å². The molecule has 0 spiro atoms. The molecule has 3 rings (SSSR count). The van der Waals surface area contributed by atoms with Crippen molar-refractivity contribution in [1.29, 1.82) is 0 Å². The van der Waals surface area contributed by atoms with Gasteiger partial charge in [-0.1, -0.05) is 35.3 Å². The fourth-order valence-electron chi connectivity index (χ4n) is 1.97. The van der Waals surface area contributed by atoms with Crippen LogP contribution in [-0.2, 0) is 6.54 Å². The summed E-state index contributed by atoms with van der Waals surface area (Å²) in [5.41, 5.74) is 2.87. The number of hydrogen-bond acceptors (Lipinski definition) is 3. The Bertz CT molecular complexity index is 785. The maximum absolute atomic E-state index is 13.1. The summed E-state index contributed by atoms with van der Waals surface area (Å²) in [5.74, 6) is -0.471. The summed E-state index contributed by atoms with van der Waals surface area (Å²) >= 11 is 11.9. The SMILES string of the molecule is Fc1cc(Cl)c(NCc2cnc3ccccc3n2)c(Cl)c1. The molecule has 0 radical (unpaired) electrons. The first kappa shape index (κ1) is 14.0. The Kier molecular flexibility index (Phi) is 3.90. The van der Waals surface area contributed by atoms with Gasteiger partial charge in [-0.3, -0.25) is 4.98 Å². The first-order valence-electron chi connectivity index (χ1n) is 6.22. The van der Waals surface area contributed by atoms with E-state index in [1.54, 1.807) is 6.20 Å². The zero-order valence-electron chi connectivity index (χ0n) is 10.8. The zero-order chi connectivity index (χ0) is 14.8. The van der Waals surface area contributed by atoms with Crippen LogP contribution in [0.15, 0.2) is 42.6 Å². The second-order valence-electron chi connectivity index (χ2n) is 4.45. The van der Waals surface area contributed by atoms with E-state index in [1.165, 1.54) is 12.1 Å². The van der Waals surface area contributed by atoms with Crippen molar-refractivity contribution < 1.29 is 4.39 Å². The standard InChI is InChI=1S/C15H10Cl2FN3/c16-11-5-9(18)6-12(17)15(11)20-8-10-7-19-13-3-1-2-4-14(13)21-10/h1-7,20H,8H2. The molecule has 0 atom stereocenters. The molecule has 3 aromatic rings. The van der Waals surface area contributed by atoms with Crippen molar-refractivity contribution in [1.82, 2.24) is 9.97 Å². The predicted molar refractivity (Wildman–Crippen MR) is 83.3 cm³/mol. The highest BCUT2D eigenvalue weighted by atomic mass is 35.5. The molecule has 6 heteroatoms. The number of nitrogens with one attached hydrogen (secondary N) is 1. The molecular weight excluding hydrogens is 312 g/mol. The normalized spacial score (nSPS) is 10.8. The fourth-order valence-corrected chi connectivity index (χ4v) is 2.56. The third-order valence-electron chi connectivity index (χ3n) is 2.95. The average Bonchev–Trinajstić information content (AvgIpc) is 2.46. The summed E-state index contributed by atoms with van der Waals surface area (Å²) in [6.07, 6.45) is 1.68. The van der Waals surface area contributed by atoms with Crippen LogP contribution in [0.5, 0.6) is 0 Å². The Morgan fingerprint density at radius 1 is 1.05 bits per heavy atom. The smallest absolute Gasteiger partial charge is 0.126 e. The van der Waals surface area contributed by atoms with E-state index < -0.39 is 5.82 Å². The summed E-state index contributed by atoms with van der Waals surface area (Å²) in [6, 6.07) is 10.0. The summed E-state index contributed by atoms with van der Waals surface area (Å²) in [5, 5.41) is 3.52. The van der Waals surface area contributed by atoms with Crippen LogP contribution in [0.2, 0.25) is 10.0 Å². The van der Waals surface area contributed by atoms with Crippen molar-refractivity contribution in [3.63, 3.8) is 0 Å². The van der Waals surface area contributed by atoms with Crippen molar-refractivity contribution in [2.45, 2.75) is 6.54 Å². The number of para-hydroxylation sites is 2. The molecule has 0 amide bonds. The number of fused-ring (bicyclic) bond motifs is 1. The first-order valence-corrected chi connectivity index (χ1v) is 6.98. The molecule has 1 heterocycles. The van der Waals surface area contributed by atoms with E-state index in [4.69, 9.17) is 23.2 Å². The first-order chi connectivity index (χ1) is 10.1. The van der Waals surface area contributed by atoms with E-state index in [2.05, 4.69) is 15.3 Å². The summed E-state index contributed by atoms with van der Waals surface area (Å²) in [4.78, 5) is 8.81. The molecule has 0 aliphatic rings. The van der Waals surface area contributed by atoms with E-state index in [1.807, 2.05) is 24.3 Å². The minimum absolute atomic E-state index is 0.230. The Morgan fingerprint density at radius 2 is 1.71 bits per heavy atom. The van der Waals surface area contributed by atoms with Gasteiger partial charge in [-0.05, 0) is 24.3 Å². The summed E-state index contributed by atoms with van der Waals surface area (Å²) < 4.78 is 13.1. The number of hydrogen-bond donors (Lipinski definition) is 1. The van der Waals surface area contributed by atoms with Crippen LogP contribution in [0.25, 0.3) is 11.0 Å². The molecular formula is C15H10Cl2FN3. The van der Waals surface area contributed by atoms with Crippen molar-refractivity contribution in [3.05, 3.63) is 64.2 Å². The summed E-state index contributed by atoms with van der Waals surface area (Å²) in [7, 11) is 0. The number of benzene rings is 2. The predicted octanol–water partition coefficient (Wildman–Crippen LogP) is 4.69. The molecule has 21 heavy (non-hydrogen) atoms. The quantitative estimate of drug-likeness (QED) is 0.760. The minimum atomic E-state index is -0.471. The topological polar surface area (TPSA) is 37.8 Å². The van der Waals surface area contributed by atoms with E-state index in [0.717, 1.165) is 16.7 Å².